The summed E-state index contributed by atoms with van der Waals surface area (Å²) in [5.74, 6) is 1.06. The molecule has 0 saturated heterocycles. The monoisotopic (exact) mass is 368 g/mol. The van der Waals surface area contributed by atoms with Gasteiger partial charge in [-0.1, -0.05) is 13.0 Å². The fraction of sp³-hybridized carbons (Fsp3) is 0.200. The molecule has 0 spiro atoms. The van der Waals surface area contributed by atoms with Gasteiger partial charge in [0, 0.05) is 29.7 Å². The number of aryl methyl sites for hydroxylation is 1. The second-order valence-corrected chi connectivity index (χ2v) is 6.51. The van der Waals surface area contributed by atoms with Gasteiger partial charge in [-0.3, -0.25) is 9.78 Å². The van der Waals surface area contributed by atoms with Gasteiger partial charge in [0.05, 0.1) is 12.0 Å². The molecule has 134 valence electrons. The molecule has 5 nitrogen and oxygen atoms in total. The van der Waals surface area contributed by atoms with Crippen LogP contribution in [0.5, 0.6) is 11.5 Å². The molecule has 0 aliphatic heterocycles. The number of nitrogens with zero attached hydrogens (tertiary/aromatic N) is 1. The van der Waals surface area contributed by atoms with E-state index in [0.29, 0.717) is 23.8 Å². The molecule has 0 atom stereocenters. The van der Waals surface area contributed by atoms with Crippen LogP contribution in [0.1, 0.15) is 27.7 Å². The molecule has 2 heterocycles. The number of carbonyl (C=O) groups excluding carboxylic acids is 1. The van der Waals surface area contributed by atoms with Gasteiger partial charge < -0.3 is 14.8 Å². The second kappa shape index (κ2) is 8.49. The molecular formula is C20H20N2O3S. The van der Waals surface area contributed by atoms with Crippen molar-refractivity contribution in [3.63, 3.8) is 0 Å². The van der Waals surface area contributed by atoms with Crippen LogP contribution in [0, 0.1) is 0 Å². The van der Waals surface area contributed by atoms with Crippen molar-refractivity contribution in [2.24, 2.45) is 0 Å². The second-order valence-electron chi connectivity index (χ2n) is 5.60. The highest BCUT2D eigenvalue weighted by Crippen LogP contribution is 2.31. The minimum absolute atomic E-state index is 0.111. The molecule has 3 rings (SSSR count). The van der Waals surface area contributed by atoms with Crippen LogP contribution in [-0.2, 0) is 13.0 Å². The van der Waals surface area contributed by atoms with Gasteiger partial charge in [-0.05, 0) is 41.6 Å². The Morgan fingerprint density at radius 1 is 1.23 bits per heavy atom. The maximum absolute atomic E-state index is 12.5. The number of anilines is 1. The van der Waals surface area contributed by atoms with Gasteiger partial charge >= 0.3 is 0 Å². The van der Waals surface area contributed by atoms with E-state index in [4.69, 9.17) is 9.47 Å². The highest BCUT2D eigenvalue weighted by Gasteiger charge is 2.14. The molecule has 0 fully saturated rings. The summed E-state index contributed by atoms with van der Waals surface area (Å²) in [6.07, 6.45) is 4.30. The quantitative estimate of drug-likeness (QED) is 0.665. The summed E-state index contributed by atoms with van der Waals surface area (Å²) in [6, 6.07) is 11.1. The summed E-state index contributed by atoms with van der Waals surface area (Å²) >= 11 is 1.45. The van der Waals surface area contributed by atoms with E-state index in [1.54, 1.807) is 37.7 Å². The van der Waals surface area contributed by atoms with Crippen LogP contribution in [0.4, 0.5) is 5.69 Å². The van der Waals surface area contributed by atoms with E-state index in [2.05, 4.69) is 10.3 Å². The zero-order valence-corrected chi connectivity index (χ0v) is 15.5. The Kier molecular flexibility index (Phi) is 5.86. The van der Waals surface area contributed by atoms with Crippen molar-refractivity contribution in [1.82, 2.24) is 4.98 Å². The average molecular weight is 368 g/mol. The molecule has 0 bridgehead atoms. The number of pyridine rings is 1. The van der Waals surface area contributed by atoms with E-state index in [1.165, 1.54) is 11.3 Å². The van der Waals surface area contributed by atoms with E-state index >= 15 is 0 Å². The third-order valence-corrected chi connectivity index (χ3v) is 4.83. The third kappa shape index (κ3) is 4.21. The molecule has 0 aliphatic carbocycles. The largest absolute Gasteiger partial charge is 0.493 e. The fourth-order valence-electron chi connectivity index (χ4n) is 2.51. The summed E-state index contributed by atoms with van der Waals surface area (Å²) in [6.45, 7) is 2.41. The Bertz CT molecular complexity index is 878. The first-order valence-electron chi connectivity index (χ1n) is 8.28. The lowest BCUT2D eigenvalue weighted by molar-refractivity contribution is 0.103. The minimum Gasteiger partial charge on any atom is -0.493 e. The molecule has 1 amide bonds. The van der Waals surface area contributed by atoms with Crippen molar-refractivity contribution in [3.05, 3.63) is 70.2 Å². The van der Waals surface area contributed by atoms with Crippen LogP contribution in [-0.4, -0.2) is 18.0 Å². The van der Waals surface area contributed by atoms with Gasteiger partial charge in [0.25, 0.3) is 5.91 Å². The van der Waals surface area contributed by atoms with Crippen LogP contribution in [0.15, 0.2) is 54.2 Å². The molecule has 0 radical (unpaired) electrons. The number of hydrogen-bond donors (Lipinski definition) is 1. The van der Waals surface area contributed by atoms with Crippen LogP contribution in [0.3, 0.4) is 0 Å². The SMILES string of the molecule is CCc1ccsc1C(=O)Nc1ccc(OC)c(OCc2cccnc2)c1. The van der Waals surface area contributed by atoms with E-state index in [0.717, 1.165) is 22.4 Å². The highest BCUT2D eigenvalue weighted by molar-refractivity contribution is 7.12. The summed E-state index contributed by atoms with van der Waals surface area (Å²) < 4.78 is 11.2. The number of aromatic nitrogens is 1. The maximum Gasteiger partial charge on any atom is 0.266 e. The molecule has 1 aromatic carbocycles. The normalized spacial score (nSPS) is 10.4. The van der Waals surface area contributed by atoms with Crippen molar-refractivity contribution in [1.29, 1.82) is 0 Å². The van der Waals surface area contributed by atoms with Crippen molar-refractivity contribution in [2.45, 2.75) is 20.0 Å². The molecule has 0 saturated carbocycles. The molecule has 2 aromatic heterocycles. The Hall–Kier alpha value is -2.86. The maximum atomic E-state index is 12.5. The lowest BCUT2D eigenvalue weighted by atomic mass is 10.2. The standard InChI is InChI=1S/C20H20N2O3S/c1-3-15-8-10-26-19(15)20(23)22-16-6-7-17(24-2)18(11-16)25-13-14-5-4-9-21-12-14/h4-12H,3,13H2,1-2H3,(H,22,23). The van der Waals surface area contributed by atoms with Gasteiger partial charge in [-0.25, -0.2) is 0 Å². The van der Waals surface area contributed by atoms with Crippen molar-refractivity contribution in [2.75, 3.05) is 12.4 Å². The van der Waals surface area contributed by atoms with Gasteiger partial charge in [0.15, 0.2) is 11.5 Å². The number of carbonyl (C=O) groups is 1. The predicted octanol–water partition coefficient (Wildman–Crippen LogP) is 4.55. The number of benzene rings is 1. The van der Waals surface area contributed by atoms with Crippen LogP contribution < -0.4 is 14.8 Å². The average Bonchev–Trinajstić information content (AvgIpc) is 3.16. The van der Waals surface area contributed by atoms with Crippen molar-refractivity contribution >= 4 is 22.9 Å². The zero-order valence-electron chi connectivity index (χ0n) is 14.7. The third-order valence-electron chi connectivity index (χ3n) is 3.87. The molecule has 3 aromatic rings. The number of rotatable bonds is 7. The molecule has 6 heteroatoms. The Morgan fingerprint density at radius 2 is 2.12 bits per heavy atom. The minimum atomic E-state index is -0.111. The van der Waals surface area contributed by atoms with Gasteiger partial charge in [-0.2, -0.15) is 0 Å². The summed E-state index contributed by atoms with van der Waals surface area (Å²) in [4.78, 5) is 17.3. The molecule has 0 aliphatic rings. The number of methoxy groups -OCH3 is 1. The molecule has 26 heavy (non-hydrogen) atoms. The van der Waals surface area contributed by atoms with Crippen LogP contribution in [0.2, 0.25) is 0 Å². The first kappa shape index (κ1) is 17.9. The highest BCUT2D eigenvalue weighted by atomic mass is 32.1. The van der Waals surface area contributed by atoms with E-state index in [-0.39, 0.29) is 5.91 Å². The Morgan fingerprint density at radius 3 is 2.85 bits per heavy atom. The predicted molar refractivity (Wildman–Crippen MR) is 103 cm³/mol. The summed E-state index contributed by atoms with van der Waals surface area (Å²) in [5.41, 5.74) is 2.66. The first-order valence-corrected chi connectivity index (χ1v) is 9.16. The van der Waals surface area contributed by atoms with E-state index < -0.39 is 0 Å². The topological polar surface area (TPSA) is 60.5 Å². The zero-order chi connectivity index (χ0) is 18.4. The number of ether oxygens (including phenoxy) is 2. The fourth-order valence-corrected chi connectivity index (χ4v) is 3.40. The van der Waals surface area contributed by atoms with E-state index in [9.17, 15) is 4.79 Å². The molecule has 0 unspecified atom stereocenters. The Labute approximate surface area is 156 Å². The smallest absolute Gasteiger partial charge is 0.266 e. The molecular weight excluding hydrogens is 348 g/mol. The van der Waals surface area contributed by atoms with Crippen LogP contribution in [0.25, 0.3) is 0 Å². The van der Waals surface area contributed by atoms with Crippen molar-refractivity contribution in [3.8, 4) is 11.5 Å². The molecule has 1 N–H and O–H groups in total. The van der Waals surface area contributed by atoms with E-state index in [1.807, 2.05) is 30.5 Å². The Balaban J connectivity index is 1.75. The van der Waals surface area contributed by atoms with Gasteiger partial charge in [0.2, 0.25) is 0 Å². The number of hydrogen-bond acceptors (Lipinski definition) is 5. The number of amides is 1. The van der Waals surface area contributed by atoms with Crippen molar-refractivity contribution < 1.29 is 14.3 Å². The van der Waals surface area contributed by atoms with Gasteiger partial charge in [0.1, 0.15) is 6.61 Å². The summed E-state index contributed by atoms with van der Waals surface area (Å²) in [5, 5.41) is 4.87. The number of nitrogens with one attached hydrogen (secondary N) is 1. The summed E-state index contributed by atoms with van der Waals surface area (Å²) in [7, 11) is 1.59. The lowest BCUT2D eigenvalue weighted by Crippen LogP contribution is -2.12. The number of thiophene rings is 1. The van der Waals surface area contributed by atoms with Gasteiger partial charge in [-0.15, -0.1) is 11.3 Å². The van der Waals surface area contributed by atoms with Crippen LogP contribution >= 0.6 is 11.3 Å². The lowest BCUT2D eigenvalue weighted by Gasteiger charge is -2.13. The first-order chi connectivity index (χ1) is 12.7.